The van der Waals surface area contributed by atoms with Gasteiger partial charge in [-0.05, 0) is 18.9 Å². The number of rotatable bonds is 1. The van der Waals surface area contributed by atoms with E-state index in [0.717, 1.165) is 0 Å². The summed E-state index contributed by atoms with van der Waals surface area (Å²) in [7, 11) is 1.35. The molecule has 0 fully saturated rings. The number of hydrogen-bond donors (Lipinski definition) is 2. The van der Waals surface area contributed by atoms with Crippen LogP contribution in [-0.2, 0) is 9.05 Å². The van der Waals surface area contributed by atoms with Crippen molar-refractivity contribution in [3.05, 3.63) is 23.1 Å². The van der Waals surface area contributed by atoms with Crippen molar-refractivity contribution < 1.29 is 8.42 Å². The Labute approximate surface area is 86.1 Å². The Hall–Kier alpha value is -0.300. The van der Waals surface area contributed by atoms with Crippen LogP contribution in [0.5, 0.6) is 0 Å². The fraction of sp³-hybridized carbons (Fsp3) is 0.167. The molecular formula is C6H7ClN2O2S2. The molecular weight excluding hydrogens is 232 g/mol. The molecule has 2 N–H and O–H groups in total. The zero-order valence-corrected chi connectivity index (χ0v) is 8.85. The number of thiol groups is 1. The van der Waals surface area contributed by atoms with Gasteiger partial charge in [-0.25, -0.2) is 12.8 Å². The lowest BCUT2D eigenvalue weighted by Gasteiger charge is -2.14. The van der Waals surface area contributed by atoms with E-state index in [1.165, 1.54) is 12.2 Å². The Morgan fingerprint density at radius 1 is 1.62 bits per heavy atom. The summed E-state index contributed by atoms with van der Waals surface area (Å²) < 4.78 is 25.5. The fourth-order valence-electron chi connectivity index (χ4n) is 0.926. The first-order valence-electron chi connectivity index (χ1n) is 3.28. The smallest absolute Gasteiger partial charge is 0.263 e. The molecule has 0 aliphatic heterocycles. The third kappa shape index (κ3) is 2.34. The van der Waals surface area contributed by atoms with Crippen LogP contribution in [0.15, 0.2) is 27.5 Å². The van der Waals surface area contributed by atoms with Crippen molar-refractivity contribution in [2.24, 2.45) is 10.1 Å². The molecule has 1 aliphatic carbocycles. The Morgan fingerprint density at radius 2 is 2.23 bits per heavy atom. The third-order valence-electron chi connectivity index (χ3n) is 1.50. The van der Waals surface area contributed by atoms with E-state index in [9.17, 15) is 8.42 Å². The van der Waals surface area contributed by atoms with E-state index in [2.05, 4.69) is 17.2 Å². The van der Waals surface area contributed by atoms with E-state index >= 15 is 0 Å². The van der Waals surface area contributed by atoms with Gasteiger partial charge in [-0.2, -0.15) is 0 Å². The Kier molecular flexibility index (Phi) is 3.18. The lowest BCUT2D eigenvalue weighted by atomic mass is 10.1. The van der Waals surface area contributed by atoms with E-state index in [4.69, 9.17) is 16.4 Å². The Bertz CT molecular complexity index is 397. The second-order valence-electron chi connectivity index (χ2n) is 2.36. The average molecular weight is 239 g/mol. The summed E-state index contributed by atoms with van der Waals surface area (Å²) in [5.74, 6) is 0. The molecule has 0 heterocycles. The van der Waals surface area contributed by atoms with Crippen LogP contribution in [-0.4, -0.2) is 20.2 Å². The van der Waals surface area contributed by atoms with Gasteiger partial charge in [-0.1, -0.05) is 12.2 Å². The van der Waals surface area contributed by atoms with Crippen molar-refractivity contribution in [2.45, 2.75) is 6.04 Å². The van der Waals surface area contributed by atoms with E-state index in [0.29, 0.717) is 0 Å². The van der Waals surface area contributed by atoms with Gasteiger partial charge in [0.15, 0.2) is 0 Å². The predicted molar refractivity (Wildman–Crippen MR) is 56.4 cm³/mol. The molecule has 0 radical (unpaired) electrons. The van der Waals surface area contributed by atoms with Gasteiger partial charge in [-0.15, -0.1) is 0 Å². The molecule has 1 atom stereocenters. The summed E-state index contributed by atoms with van der Waals surface area (Å²) >= 11 is 3.62. The molecule has 1 aliphatic rings. The zero-order chi connectivity index (χ0) is 10.1. The Balaban J connectivity index is 3.24. The molecule has 0 saturated carbocycles. The second kappa shape index (κ2) is 3.83. The number of nitrogens with two attached hydrogens (primary N) is 1. The molecule has 0 saturated heterocycles. The number of halogens is 1. The SMILES string of the molecule is NC1C=CC=C(S(=O)(=O)Cl)/C1=N/S. The van der Waals surface area contributed by atoms with E-state index in [1.54, 1.807) is 6.08 Å². The maximum absolute atomic E-state index is 11.0. The molecule has 0 spiro atoms. The van der Waals surface area contributed by atoms with Crippen molar-refractivity contribution >= 4 is 38.3 Å². The van der Waals surface area contributed by atoms with Crippen molar-refractivity contribution in [3.63, 3.8) is 0 Å². The van der Waals surface area contributed by atoms with E-state index in [1.807, 2.05) is 0 Å². The quantitative estimate of drug-likeness (QED) is 0.520. The fourth-order valence-corrected chi connectivity index (χ4v) is 2.30. The number of nitrogens with zero attached hydrogens (tertiary/aromatic N) is 1. The second-order valence-corrected chi connectivity index (χ2v) is 5.10. The molecule has 0 aromatic rings. The largest absolute Gasteiger partial charge is 0.319 e. The van der Waals surface area contributed by atoms with Crippen molar-refractivity contribution in [2.75, 3.05) is 0 Å². The molecule has 1 rings (SSSR count). The molecule has 4 nitrogen and oxygen atoms in total. The van der Waals surface area contributed by atoms with Gasteiger partial charge in [0.05, 0.1) is 11.8 Å². The number of hydrogen-bond acceptors (Lipinski definition) is 5. The number of allylic oxidation sites excluding steroid dienone is 2. The predicted octanol–water partition coefficient (Wildman–Crippen LogP) is 0.622. The highest BCUT2D eigenvalue weighted by molar-refractivity contribution is 8.17. The summed E-state index contributed by atoms with van der Waals surface area (Å²) in [4.78, 5) is -0.0980. The average Bonchev–Trinajstić information content (AvgIpc) is 2.02. The van der Waals surface area contributed by atoms with Crippen LogP contribution in [0.25, 0.3) is 0 Å². The highest BCUT2D eigenvalue weighted by atomic mass is 35.7. The van der Waals surface area contributed by atoms with Gasteiger partial charge < -0.3 is 5.73 Å². The van der Waals surface area contributed by atoms with Gasteiger partial charge in [0, 0.05) is 10.7 Å². The van der Waals surface area contributed by atoms with Crippen LogP contribution in [0.4, 0.5) is 0 Å². The first-order chi connectivity index (χ1) is 5.96. The minimum Gasteiger partial charge on any atom is -0.319 e. The van der Waals surface area contributed by atoms with Crippen LogP contribution in [0, 0.1) is 0 Å². The van der Waals surface area contributed by atoms with Crippen LogP contribution < -0.4 is 5.73 Å². The summed E-state index contributed by atoms with van der Waals surface area (Å²) in [6.07, 6.45) is 4.45. The molecule has 7 heteroatoms. The van der Waals surface area contributed by atoms with Crippen molar-refractivity contribution in [1.29, 1.82) is 0 Å². The molecule has 0 aromatic carbocycles. The Morgan fingerprint density at radius 3 is 2.62 bits per heavy atom. The highest BCUT2D eigenvalue weighted by Crippen LogP contribution is 2.19. The summed E-state index contributed by atoms with van der Waals surface area (Å²) in [6, 6.07) is -0.578. The lowest BCUT2D eigenvalue weighted by Crippen LogP contribution is -2.32. The monoisotopic (exact) mass is 238 g/mol. The van der Waals surface area contributed by atoms with E-state index < -0.39 is 15.1 Å². The standard InChI is InChI=1S/C6H7ClN2O2S2/c7-13(10,11)5-3-1-2-4(8)6(5)9-12/h1-4,12H,8H2/b9-6+. The minimum atomic E-state index is -3.80. The van der Waals surface area contributed by atoms with Crippen LogP contribution in [0.3, 0.4) is 0 Å². The zero-order valence-electron chi connectivity index (χ0n) is 6.38. The van der Waals surface area contributed by atoms with Gasteiger partial charge in [-0.3, -0.25) is 0 Å². The third-order valence-corrected chi connectivity index (χ3v) is 3.09. The maximum Gasteiger partial charge on any atom is 0.263 e. The normalized spacial score (nSPS) is 26.2. The summed E-state index contributed by atoms with van der Waals surface area (Å²) in [5.41, 5.74) is 5.70. The van der Waals surface area contributed by atoms with Crippen molar-refractivity contribution in [1.82, 2.24) is 0 Å². The molecule has 1 unspecified atom stereocenters. The first-order valence-corrected chi connectivity index (χ1v) is 5.99. The lowest BCUT2D eigenvalue weighted by molar-refractivity contribution is 0.616. The van der Waals surface area contributed by atoms with Gasteiger partial charge in [0.25, 0.3) is 9.05 Å². The first kappa shape index (κ1) is 10.8. The highest BCUT2D eigenvalue weighted by Gasteiger charge is 2.25. The topological polar surface area (TPSA) is 72.5 Å². The summed E-state index contributed by atoms with van der Waals surface area (Å²) in [6.45, 7) is 0. The molecule has 0 amide bonds. The van der Waals surface area contributed by atoms with E-state index in [-0.39, 0.29) is 10.6 Å². The van der Waals surface area contributed by atoms with Gasteiger partial charge in [0.1, 0.15) is 4.91 Å². The molecule has 0 aromatic heterocycles. The maximum atomic E-state index is 11.0. The summed E-state index contributed by atoms with van der Waals surface area (Å²) in [5, 5.41) is 0. The molecule has 13 heavy (non-hydrogen) atoms. The molecule has 0 bridgehead atoms. The van der Waals surface area contributed by atoms with Crippen LogP contribution in [0.1, 0.15) is 0 Å². The minimum absolute atomic E-state index is 0.0980. The van der Waals surface area contributed by atoms with Gasteiger partial charge in [0.2, 0.25) is 0 Å². The van der Waals surface area contributed by atoms with Crippen LogP contribution >= 0.6 is 23.5 Å². The molecule has 72 valence electrons. The van der Waals surface area contributed by atoms with Crippen molar-refractivity contribution in [3.8, 4) is 0 Å². The van der Waals surface area contributed by atoms with Gasteiger partial charge >= 0.3 is 0 Å². The van der Waals surface area contributed by atoms with Crippen LogP contribution in [0.2, 0.25) is 0 Å².